The molecule has 0 saturated carbocycles. The quantitative estimate of drug-likeness (QED) is 0.877. The lowest BCUT2D eigenvalue weighted by Gasteiger charge is -2.25. The molecule has 4 nitrogen and oxygen atoms in total. The zero-order valence-electron chi connectivity index (χ0n) is 12.9. The van der Waals surface area contributed by atoms with E-state index in [-0.39, 0.29) is 5.91 Å². The second-order valence-corrected chi connectivity index (χ2v) is 5.93. The third-order valence-corrected chi connectivity index (χ3v) is 4.08. The highest BCUT2D eigenvalue weighted by molar-refractivity contribution is 6.30. The predicted octanol–water partition coefficient (Wildman–Crippen LogP) is 2.51. The van der Waals surface area contributed by atoms with Crippen molar-refractivity contribution < 1.29 is 4.79 Å². The molecule has 0 radical (unpaired) electrons. The summed E-state index contributed by atoms with van der Waals surface area (Å²) in [6.07, 6.45) is 2.25. The first-order chi connectivity index (χ1) is 10.1. The maximum Gasteiger partial charge on any atom is 0.242 e. The van der Waals surface area contributed by atoms with Gasteiger partial charge in [-0.05, 0) is 43.1 Å². The van der Waals surface area contributed by atoms with Gasteiger partial charge in [0.15, 0.2) is 0 Å². The summed E-state index contributed by atoms with van der Waals surface area (Å²) in [5.41, 5.74) is 2.19. The zero-order chi connectivity index (χ0) is 15.2. The molecule has 1 aliphatic heterocycles. The van der Waals surface area contributed by atoms with Gasteiger partial charge in [0.25, 0.3) is 0 Å². The van der Waals surface area contributed by atoms with Crippen LogP contribution in [0.1, 0.15) is 25.3 Å². The van der Waals surface area contributed by atoms with Crippen molar-refractivity contribution in [3.05, 3.63) is 28.8 Å². The third-order valence-electron chi connectivity index (χ3n) is 3.85. The minimum atomic E-state index is 0.208. The van der Waals surface area contributed by atoms with Gasteiger partial charge in [-0.25, -0.2) is 0 Å². The van der Waals surface area contributed by atoms with Gasteiger partial charge in [-0.15, -0.1) is 0 Å². The van der Waals surface area contributed by atoms with E-state index in [2.05, 4.69) is 12.2 Å². The Labute approximate surface area is 132 Å². The van der Waals surface area contributed by atoms with Crippen molar-refractivity contribution in [2.45, 2.75) is 26.3 Å². The lowest BCUT2D eigenvalue weighted by atomic mass is 10.1. The van der Waals surface area contributed by atoms with E-state index >= 15 is 0 Å². The Bertz CT molecular complexity index is 486. The monoisotopic (exact) mass is 309 g/mol. The Hall–Kier alpha value is -1.26. The van der Waals surface area contributed by atoms with Gasteiger partial charge in [0, 0.05) is 37.4 Å². The maximum absolute atomic E-state index is 12.3. The Kier molecular flexibility index (Phi) is 5.88. The van der Waals surface area contributed by atoms with Crippen LogP contribution in [0.25, 0.3) is 0 Å². The van der Waals surface area contributed by atoms with Gasteiger partial charge in [-0.1, -0.05) is 18.5 Å². The fraction of sp³-hybridized carbons (Fsp3) is 0.562. The van der Waals surface area contributed by atoms with Gasteiger partial charge >= 0.3 is 0 Å². The molecule has 116 valence electrons. The number of likely N-dealkylation sites (N-methyl/N-ethyl adjacent to an activating group) is 1. The molecule has 0 unspecified atom stereocenters. The fourth-order valence-electron chi connectivity index (χ4n) is 2.68. The SMILES string of the molecule is CCNCc1cc(Cl)ccc1N(C)CC(=O)N1CCCC1. The van der Waals surface area contributed by atoms with Crippen LogP contribution >= 0.6 is 11.6 Å². The Morgan fingerprint density at radius 2 is 2.10 bits per heavy atom. The highest BCUT2D eigenvalue weighted by Crippen LogP contribution is 2.24. The van der Waals surface area contributed by atoms with Crippen LogP contribution in [-0.4, -0.2) is 44.0 Å². The second-order valence-electron chi connectivity index (χ2n) is 5.50. The molecular formula is C16H24ClN3O. The van der Waals surface area contributed by atoms with Crippen molar-refractivity contribution in [3.8, 4) is 0 Å². The molecule has 1 aromatic rings. The van der Waals surface area contributed by atoms with Crippen molar-refractivity contribution in [3.63, 3.8) is 0 Å². The van der Waals surface area contributed by atoms with E-state index < -0.39 is 0 Å². The summed E-state index contributed by atoms with van der Waals surface area (Å²) in [6, 6.07) is 5.84. The summed E-state index contributed by atoms with van der Waals surface area (Å²) in [6.45, 7) is 5.96. The molecule has 21 heavy (non-hydrogen) atoms. The molecule has 1 amide bonds. The lowest BCUT2D eigenvalue weighted by Crippen LogP contribution is -2.37. The second kappa shape index (κ2) is 7.66. The highest BCUT2D eigenvalue weighted by atomic mass is 35.5. The number of hydrogen-bond acceptors (Lipinski definition) is 3. The summed E-state index contributed by atoms with van der Waals surface area (Å²) in [7, 11) is 1.96. The summed E-state index contributed by atoms with van der Waals surface area (Å²) >= 11 is 6.09. The third kappa shape index (κ3) is 4.35. The number of rotatable bonds is 6. The molecule has 1 N–H and O–H groups in total. The van der Waals surface area contributed by atoms with Crippen LogP contribution in [0.15, 0.2) is 18.2 Å². The first kappa shape index (κ1) is 16.1. The van der Waals surface area contributed by atoms with Crippen molar-refractivity contribution in [1.29, 1.82) is 0 Å². The number of halogens is 1. The largest absolute Gasteiger partial charge is 0.365 e. The number of hydrogen-bond donors (Lipinski definition) is 1. The average Bonchev–Trinajstić information content (AvgIpc) is 2.99. The first-order valence-corrected chi connectivity index (χ1v) is 7.97. The van der Waals surface area contributed by atoms with Gasteiger partial charge in [-0.3, -0.25) is 4.79 Å². The predicted molar refractivity (Wildman–Crippen MR) is 87.9 cm³/mol. The summed E-state index contributed by atoms with van der Waals surface area (Å²) in [4.78, 5) is 16.2. The van der Waals surface area contributed by atoms with Crippen LogP contribution in [0.3, 0.4) is 0 Å². The zero-order valence-corrected chi connectivity index (χ0v) is 13.6. The van der Waals surface area contributed by atoms with E-state index in [4.69, 9.17) is 11.6 Å². The number of likely N-dealkylation sites (tertiary alicyclic amines) is 1. The van der Waals surface area contributed by atoms with Crippen molar-refractivity contribution >= 4 is 23.2 Å². The van der Waals surface area contributed by atoms with Crippen LogP contribution in [0.2, 0.25) is 5.02 Å². The number of nitrogens with one attached hydrogen (secondary N) is 1. The van der Waals surface area contributed by atoms with E-state index in [9.17, 15) is 4.79 Å². The number of nitrogens with zero attached hydrogens (tertiary/aromatic N) is 2. The number of amides is 1. The first-order valence-electron chi connectivity index (χ1n) is 7.60. The highest BCUT2D eigenvalue weighted by Gasteiger charge is 2.20. The Morgan fingerprint density at radius 3 is 2.76 bits per heavy atom. The summed E-state index contributed by atoms with van der Waals surface area (Å²) in [5.74, 6) is 0.208. The number of carbonyl (C=O) groups excluding carboxylic acids is 1. The smallest absolute Gasteiger partial charge is 0.242 e. The van der Waals surface area contributed by atoms with Crippen LogP contribution in [0.5, 0.6) is 0 Å². The molecule has 0 spiro atoms. The molecule has 0 bridgehead atoms. The topological polar surface area (TPSA) is 35.6 Å². The van der Waals surface area contributed by atoms with E-state index in [0.29, 0.717) is 6.54 Å². The molecule has 5 heteroatoms. The van der Waals surface area contributed by atoms with E-state index in [0.717, 1.165) is 55.3 Å². The van der Waals surface area contributed by atoms with Gasteiger partial charge < -0.3 is 15.1 Å². The van der Waals surface area contributed by atoms with Crippen LogP contribution in [-0.2, 0) is 11.3 Å². The molecule has 0 atom stereocenters. The van der Waals surface area contributed by atoms with Gasteiger partial charge in [-0.2, -0.15) is 0 Å². The molecule has 1 aromatic carbocycles. The Balaban J connectivity index is 2.06. The van der Waals surface area contributed by atoms with Crippen LogP contribution < -0.4 is 10.2 Å². The van der Waals surface area contributed by atoms with E-state index in [1.165, 1.54) is 0 Å². The van der Waals surface area contributed by atoms with Crippen LogP contribution in [0, 0.1) is 0 Å². The van der Waals surface area contributed by atoms with E-state index in [1.54, 1.807) is 0 Å². The van der Waals surface area contributed by atoms with Crippen molar-refractivity contribution in [2.75, 3.05) is 38.1 Å². The molecule has 1 fully saturated rings. The van der Waals surface area contributed by atoms with Crippen molar-refractivity contribution in [2.24, 2.45) is 0 Å². The molecular weight excluding hydrogens is 286 g/mol. The van der Waals surface area contributed by atoms with Gasteiger partial charge in [0.05, 0.1) is 6.54 Å². The average molecular weight is 310 g/mol. The van der Waals surface area contributed by atoms with E-state index in [1.807, 2.05) is 35.0 Å². The fourth-order valence-corrected chi connectivity index (χ4v) is 2.88. The standard InChI is InChI=1S/C16H24ClN3O/c1-3-18-11-13-10-14(17)6-7-15(13)19(2)12-16(21)20-8-4-5-9-20/h6-7,10,18H,3-5,8-9,11-12H2,1-2H3. The normalized spacial score (nSPS) is 14.5. The van der Waals surface area contributed by atoms with Gasteiger partial charge in [0.1, 0.15) is 0 Å². The van der Waals surface area contributed by atoms with Crippen LogP contribution in [0.4, 0.5) is 5.69 Å². The van der Waals surface area contributed by atoms with Crippen molar-refractivity contribution in [1.82, 2.24) is 10.2 Å². The summed E-state index contributed by atoms with van der Waals surface area (Å²) in [5, 5.41) is 4.04. The minimum Gasteiger partial charge on any atom is -0.365 e. The van der Waals surface area contributed by atoms with Gasteiger partial charge in [0.2, 0.25) is 5.91 Å². The number of carbonyl (C=O) groups is 1. The molecule has 2 rings (SSSR count). The number of anilines is 1. The molecule has 0 aliphatic carbocycles. The summed E-state index contributed by atoms with van der Waals surface area (Å²) < 4.78 is 0. The maximum atomic E-state index is 12.3. The molecule has 1 heterocycles. The lowest BCUT2D eigenvalue weighted by molar-refractivity contribution is -0.128. The molecule has 0 aromatic heterocycles. The molecule has 1 aliphatic rings. The number of benzene rings is 1. The molecule has 1 saturated heterocycles. The minimum absolute atomic E-state index is 0.208. The Morgan fingerprint density at radius 1 is 1.38 bits per heavy atom.